The predicted molar refractivity (Wildman–Crippen MR) is 93.2 cm³/mol. The van der Waals surface area contributed by atoms with E-state index in [2.05, 4.69) is 37.3 Å². The zero-order valence-corrected chi connectivity index (χ0v) is 14.3. The number of nitrogens with zero attached hydrogens (tertiary/aromatic N) is 5. The minimum absolute atomic E-state index is 0.0199. The van der Waals surface area contributed by atoms with Gasteiger partial charge in [0.25, 0.3) is 0 Å². The molecule has 3 N–H and O–H groups in total. The second-order valence-electron chi connectivity index (χ2n) is 5.77. The molecule has 4 rings (SSSR count). The lowest BCUT2D eigenvalue weighted by Gasteiger charge is -2.16. The lowest BCUT2D eigenvalue weighted by molar-refractivity contribution is -0.0162. The van der Waals surface area contributed by atoms with E-state index in [0.717, 1.165) is 0 Å². The number of aliphatic hydroxyl groups is 2. The third-order valence-corrected chi connectivity index (χ3v) is 3.99. The molecule has 1 aliphatic heterocycles. The Morgan fingerprint density at radius 2 is 2.15 bits per heavy atom. The maximum Gasteiger partial charge on any atom is 0.209 e. The normalized spacial score (nSPS) is 21.8. The summed E-state index contributed by atoms with van der Waals surface area (Å²) in [7, 11) is 1.45. The zero-order valence-electron chi connectivity index (χ0n) is 14.3. The van der Waals surface area contributed by atoms with E-state index in [1.54, 1.807) is 18.3 Å². The van der Waals surface area contributed by atoms with Crippen molar-refractivity contribution in [3.05, 3.63) is 42.2 Å². The highest BCUT2D eigenvalue weighted by atomic mass is 16.6. The molecule has 0 aliphatic carbocycles. The number of pyridine rings is 1. The van der Waals surface area contributed by atoms with Gasteiger partial charge in [-0.1, -0.05) is 6.07 Å². The fraction of sp³-hybridized carbons (Fsp3) is 0.294. The second-order valence-corrected chi connectivity index (χ2v) is 5.77. The van der Waals surface area contributed by atoms with E-state index >= 15 is 0 Å². The summed E-state index contributed by atoms with van der Waals surface area (Å²) >= 11 is 0. The van der Waals surface area contributed by atoms with Crippen molar-refractivity contribution >= 4 is 17.0 Å². The molecule has 0 radical (unpaired) electrons. The monoisotopic (exact) mass is 368 g/mol. The molecule has 4 heterocycles. The summed E-state index contributed by atoms with van der Waals surface area (Å²) in [5.74, 6) is 6.27. The van der Waals surface area contributed by atoms with Gasteiger partial charge in [0.15, 0.2) is 23.2 Å². The van der Waals surface area contributed by atoms with E-state index < -0.39 is 18.4 Å². The number of hydrogen-bond donors (Lipinski definition) is 3. The highest BCUT2D eigenvalue weighted by Gasteiger charge is 2.37. The minimum Gasteiger partial charge on any atom is -0.388 e. The van der Waals surface area contributed by atoms with Gasteiger partial charge in [0.1, 0.15) is 17.9 Å². The molecule has 10 nitrogen and oxygen atoms in total. The number of imidazole rings is 1. The summed E-state index contributed by atoms with van der Waals surface area (Å²) in [6.45, 7) is 0.0199. The largest absolute Gasteiger partial charge is 0.388 e. The predicted octanol–water partition coefficient (Wildman–Crippen LogP) is -0.155. The first kappa shape index (κ1) is 17.3. The molecule has 0 bridgehead atoms. The molecular formula is C17H16N6O4. The van der Waals surface area contributed by atoms with Gasteiger partial charge in [-0.15, -0.1) is 0 Å². The first-order valence-electron chi connectivity index (χ1n) is 8.11. The maximum absolute atomic E-state index is 10.1. The van der Waals surface area contributed by atoms with Gasteiger partial charge in [-0.05, 0) is 24.0 Å². The fourth-order valence-corrected chi connectivity index (χ4v) is 2.71. The van der Waals surface area contributed by atoms with Gasteiger partial charge in [0.05, 0.1) is 20.0 Å². The molecule has 138 valence electrons. The van der Waals surface area contributed by atoms with Crippen molar-refractivity contribution in [3.63, 3.8) is 0 Å². The average Bonchev–Trinajstić information content (AvgIpc) is 3.25. The Balaban J connectivity index is 1.79. The van der Waals surface area contributed by atoms with Crippen molar-refractivity contribution < 1.29 is 19.8 Å². The van der Waals surface area contributed by atoms with Gasteiger partial charge in [0.2, 0.25) is 5.82 Å². The lowest BCUT2D eigenvalue weighted by atomic mass is 10.2. The summed E-state index contributed by atoms with van der Waals surface area (Å²) in [5, 5.41) is 19.9. The van der Waals surface area contributed by atoms with E-state index in [4.69, 9.17) is 9.57 Å². The average molecular weight is 368 g/mol. The Bertz CT molecular complexity index is 1010. The van der Waals surface area contributed by atoms with Gasteiger partial charge in [0, 0.05) is 6.20 Å². The SMILES string of the molecule is CONc1nc(C#Cc2ccccn2)nc2c1ncn2[C@@H]1OC[C@H](O)[C@H]1O. The minimum atomic E-state index is -1.10. The molecule has 1 saturated heterocycles. The van der Waals surface area contributed by atoms with Crippen LogP contribution in [-0.2, 0) is 9.57 Å². The van der Waals surface area contributed by atoms with E-state index in [1.807, 2.05) is 6.07 Å². The molecule has 3 atom stereocenters. The van der Waals surface area contributed by atoms with Gasteiger partial charge < -0.3 is 14.9 Å². The van der Waals surface area contributed by atoms with Crippen LogP contribution >= 0.6 is 0 Å². The van der Waals surface area contributed by atoms with E-state index in [-0.39, 0.29) is 12.4 Å². The van der Waals surface area contributed by atoms with Crippen LogP contribution in [0.3, 0.4) is 0 Å². The summed E-state index contributed by atoms with van der Waals surface area (Å²) in [6, 6.07) is 5.40. The number of rotatable bonds is 3. The first-order chi connectivity index (χ1) is 13.2. The third kappa shape index (κ3) is 3.32. The molecule has 3 aromatic rings. The van der Waals surface area contributed by atoms with Crippen LogP contribution in [0.1, 0.15) is 17.7 Å². The molecule has 1 aliphatic rings. The quantitative estimate of drug-likeness (QED) is 0.427. The van der Waals surface area contributed by atoms with E-state index in [0.29, 0.717) is 22.7 Å². The number of ether oxygens (including phenoxy) is 1. The van der Waals surface area contributed by atoms with Crippen molar-refractivity contribution in [1.29, 1.82) is 0 Å². The number of hydrogen-bond acceptors (Lipinski definition) is 9. The molecule has 0 amide bonds. The maximum atomic E-state index is 10.1. The molecule has 0 aromatic carbocycles. The van der Waals surface area contributed by atoms with Gasteiger partial charge in [-0.2, -0.15) is 4.98 Å². The van der Waals surface area contributed by atoms with Crippen molar-refractivity contribution in [2.75, 3.05) is 19.2 Å². The number of aromatic nitrogens is 5. The van der Waals surface area contributed by atoms with Crippen LogP contribution in [0, 0.1) is 11.8 Å². The standard InChI is InChI=1S/C17H16N6O4/c1-26-22-15-13-16(23(9-19-13)17-14(25)11(24)8-27-17)21-12(20-15)6-5-10-4-2-3-7-18-10/h2-4,7,9,11,14,17,24-25H,8H2,1H3,(H,20,21,22)/t11-,14+,17+/m0/s1. The third-order valence-electron chi connectivity index (χ3n) is 3.99. The van der Waals surface area contributed by atoms with Crippen molar-refractivity contribution in [1.82, 2.24) is 24.5 Å². The van der Waals surface area contributed by atoms with Crippen molar-refractivity contribution in [2.24, 2.45) is 0 Å². The Morgan fingerprint density at radius 3 is 2.85 bits per heavy atom. The number of nitrogens with one attached hydrogen (secondary N) is 1. The van der Waals surface area contributed by atoms with Gasteiger partial charge >= 0.3 is 0 Å². The van der Waals surface area contributed by atoms with Crippen LogP contribution in [0.5, 0.6) is 0 Å². The highest BCUT2D eigenvalue weighted by Crippen LogP contribution is 2.28. The molecule has 10 heteroatoms. The lowest BCUT2D eigenvalue weighted by Crippen LogP contribution is -2.28. The van der Waals surface area contributed by atoms with Crippen molar-refractivity contribution in [3.8, 4) is 11.8 Å². The van der Waals surface area contributed by atoms with Crippen molar-refractivity contribution in [2.45, 2.75) is 18.4 Å². The van der Waals surface area contributed by atoms with E-state index in [1.165, 1.54) is 18.0 Å². The number of fused-ring (bicyclic) bond motifs is 1. The van der Waals surface area contributed by atoms with Crippen LogP contribution in [0.4, 0.5) is 5.82 Å². The molecule has 27 heavy (non-hydrogen) atoms. The summed E-state index contributed by atoms with van der Waals surface area (Å²) in [6.07, 6.45) is 0.216. The zero-order chi connectivity index (χ0) is 18.8. The van der Waals surface area contributed by atoms with Crippen LogP contribution < -0.4 is 5.48 Å². The highest BCUT2D eigenvalue weighted by molar-refractivity contribution is 5.83. The summed E-state index contributed by atoms with van der Waals surface area (Å²) in [4.78, 5) is 22.1. The topological polar surface area (TPSA) is 127 Å². The number of aliphatic hydroxyl groups excluding tert-OH is 2. The smallest absolute Gasteiger partial charge is 0.209 e. The van der Waals surface area contributed by atoms with Crippen LogP contribution in [0.2, 0.25) is 0 Å². The number of anilines is 1. The first-order valence-corrected chi connectivity index (χ1v) is 8.11. The molecule has 3 aromatic heterocycles. The second kappa shape index (κ2) is 7.26. The summed E-state index contributed by atoms with van der Waals surface area (Å²) in [5.41, 5.74) is 4.02. The van der Waals surface area contributed by atoms with E-state index in [9.17, 15) is 10.2 Å². The van der Waals surface area contributed by atoms with Crippen LogP contribution in [0.25, 0.3) is 11.2 Å². The molecular weight excluding hydrogens is 352 g/mol. The molecule has 0 spiro atoms. The Hall–Kier alpha value is -3.10. The van der Waals surface area contributed by atoms with Crippen LogP contribution in [0.15, 0.2) is 30.7 Å². The fourth-order valence-electron chi connectivity index (χ4n) is 2.71. The molecule has 0 saturated carbocycles. The van der Waals surface area contributed by atoms with Crippen LogP contribution in [-0.4, -0.2) is 60.6 Å². The Labute approximate surface area is 153 Å². The Morgan fingerprint density at radius 1 is 1.26 bits per heavy atom. The summed E-state index contributed by atoms with van der Waals surface area (Å²) < 4.78 is 7.00. The van der Waals surface area contributed by atoms with Gasteiger partial charge in [-0.25, -0.2) is 20.4 Å². The molecule has 0 unspecified atom stereocenters. The Kier molecular flexibility index (Phi) is 4.66. The van der Waals surface area contributed by atoms with Gasteiger partial charge in [-0.3, -0.25) is 9.40 Å². The molecule has 1 fully saturated rings.